The molecule has 0 aliphatic carbocycles. The number of aryl methyl sites for hydroxylation is 2. The van der Waals surface area contributed by atoms with Crippen LogP contribution in [0.15, 0.2) is 42.6 Å². The Morgan fingerprint density at radius 2 is 1.62 bits per heavy atom. The minimum absolute atomic E-state index is 0.275. The highest BCUT2D eigenvalue weighted by molar-refractivity contribution is 6.38. The molecule has 0 fully saturated rings. The van der Waals surface area contributed by atoms with Crippen LogP contribution in [0.4, 0.5) is 5.69 Å². The number of benzene rings is 2. The van der Waals surface area contributed by atoms with Crippen molar-refractivity contribution in [2.75, 3.05) is 12.0 Å². The van der Waals surface area contributed by atoms with E-state index < -0.39 is 0 Å². The SMILES string of the molecule is COc1ccc(N2C(=O)c3c(C)cc4c(ccn4C)c3C2=O)cc1. The van der Waals surface area contributed by atoms with Crippen molar-refractivity contribution in [2.45, 2.75) is 6.92 Å². The van der Waals surface area contributed by atoms with Crippen molar-refractivity contribution < 1.29 is 14.3 Å². The van der Waals surface area contributed by atoms with Crippen LogP contribution in [0.5, 0.6) is 5.75 Å². The lowest BCUT2D eigenvalue weighted by Crippen LogP contribution is -2.29. The third kappa shape index (κ3) is 1.81. The number of hydrogen-bond acceptors (Lipinski definition) is 3. The minimum atomic E-state index is -0.278. The van der Waals surface area contributed by atoms with Gasteiger partial charge in [-0.05, 0) is 48.9 Å². The molecular weight excluding hydrogens is 304 g/mol. The number of aromatic nitrogens is 1. The fourth-order valence-corrected chi connectivity index (χ4v) is 3.32. The predicted octanol–water partition coefficient (Wildman–Crippen LogP) is 3.30. The van der Waals surface area contributed by atoms with Crippen molar-refractivity contribution in [3.8, 4) is 5.75 Å². The average molecular weight is 320 g/mol. The third-order valence-electron chi connectivity index (χ3n) is 4.55. The molecule has 1 aliphatic heterocycles. The summed E-state index contributed by atoms with van der Waals surface area (Å²) < 4.78 is 7.09. The van der Waals surface area contributed by atoms with E-state index in [0.717, 1.165) is 16.5 Å². The number of ether oxygens (including phenoxy) is 1. The molecule has 120 valence electrons. The Morgan fingerprint density at radius 1 is 0.958 bits per heavy atom. The topological polar surface area (TPSA) is 51.5 Å². The summed E-state index contributed by atoms with van der Waals surface area (Å²) in [5.41, 5.74) is 3.30. The molecular formula is C19H16N2O3. The van der Waals surface area contributed by atoms with Gasteiger partial charge in [0, 0.05) is 24.1 Å². The van der Waals surface area contributed by atoms with Crippen LogP contribution in [0.1, 0.15) is 26.3 Å². The number of carbonyl (C=O) groups is 2. The molecule has 0 radical (unpaired) electrons. The normalized spacial score (nSPS) is 13.7. The van der Waals surface area contributed by atoms with E-state index in [1.807, 2.05) is 36.9 Å². The van der Waals surface area contributed by atoms with Crippen molar-refractivity contribution in [1.29, 1.82) is 0 Å². The summed E-state index contributed by atoms with van der Waals surface area (Å²) in [6.07, 6.45) is 1.90. The van der Waals surface area contributed by atoms with Gasteiger partial charge in [0.1, 0.15) is 5.75 Å². The number of rotatable bonds is 2. The Balaban J connectivity index is 1.91. The molecule has 1 aromatic heterocycles. The standard InChI is InChI=1S/C19H16N2O3/c1-11-10-15-14(8-9-20(15)2)17-16(11)18(22)21(19(17)23)12-4-6-13(24-3)7-5-12/h4-10H,1-3H3. The summed E-state index contributed by atoms with van der Waals surface area (Å²) in [6.45, 7) is 1.87. The smallest absolute Gasteiger partial charge is 0.266 e. The zero-order chi connectivity index (χ0) is 17.0. The van der Waals surface area contributed by atoms with E-state index in [4.69, 9.17) is 4.74 Å². The first kappa shape index (κ1) is 14.5. The number of fused-ring (bicyclic) bond motifs is 3. The van der Waals surface area contributed by atoms with Crippen molar-refractivity contribution in [3.05, 3.63) is 59.3 Å². The maximum atomic E-state index is 13.0. The Kier molecular flexibility index (Phi) is 3.00. The van der Waals surface area contributed by atoms with Gasteiger partial charge in [0.2, 0.25) is 0 Å². The third-order valence-corrected chi connectivity index (χ3v) is 4.55. The van der Waals surface area contributed by atoms with Crippen LogP contribution in [-0.2, 0) is 7.05 Å². The largest absolute Gasteiger partial charge is 0.497 e. The monoisotopic (exact) mass is 320 g/mol. The molecule has 0 saturated heterocycles. The zero-order valence-corrected chi connectivity index (χ0v) is 13.7. The molecule has 0 bridgehead atoms. The molecule has 0 saturated carbocycles. The van der Waals surface area contributed by atoms with Gasteiger partial charge in [0.05, 0.1) is 23.9 Å². The van der Waals surface area contributed by atoms with Gasteiger partial charge in [-0.1, -0.05) is 0 Å². The lowest BCUT2D eigenvalue weighted by atomic mass is 10.00. The molecule has 0 atom stereocenters. The summed E-state index contributed by atoms with van der Waals surface area (Å²) in [7, 11) is 3.50. The second-order valence-electron chi connectivity index (χ2n) is 5.95. The van der Waals surface area contributed by atoms with Gasteiger partial charge in [0.25, 0.3) is 11.8 Å². The predicted molar refractivity (Wildman–Crippen MR) is 91.8 cm³/mol. The van der Waals surface area contributed by atoms with Crippen molar-refractivity contribution in [3.63, 3.8) is 0 Å². The molecule has 4 rings (SSSR count). The highest BCUT2D eigenvalue weighted by Gasteiger charge is 2.39. The van der Waals surface area contributed by atoms with E-state index in [1.165, 1.54) is 4.90 Å². The zero-order valence-electron chi connectivity index (χ0n) is 13.7. The van der Waals surface area contributed by atoms with Crippen LogP contribution in [0.3, 0.4) is 0 Å². The van der Waals surface area contributed by atoms with Crippen LogP contribution in [0.25, 0.3) is 10.9 Å². The van der Waals surface area contributed by atoms with Gasteiger partial charge in [-0.2, -0.15) is 0 Å². The molecule has 2 amide bonds. The Hall–Kier alpha value is -3.08. The molecule has 0 unspecified atom stereocenters. The van der Waals surface area contributed by atoms with E-state index in [9.17, 15) is 9.59 Å². The summed E-state index contributed by atoms with van der Waals surface area (Å²) in [6, 6.07) is 10.8. The van der Waals surface area contributed by atoms with Gasteiger partial charge in [-0.3, -0.25) is 9.59 Å². The summed E-state index contributed by atoms with van der Waals surface area (Å²) in [5.74, 6) is 0.125. The van der Waals surface area contributed by atoms with E-state index in [1.54, 1.807) is 31.4 Å². The van der Waals surface area contributed by atoms with E-state index in [-0.39, 0.29) is 11.8 Å². The van der Waals surface area contributed by atoms with Crippen molar-refractivity contribution in [1.82, 2.24) is 4.57 Å². The van der Waals surface area contributed by atoms with Gasteiger partial charge < -0.3 is 9.30 Å². The molecule has 2 aromatic carbocycles. The second-order valence-corrected chi connectivity index (χ2v) is 5.95. The van der Waals surface area contributed by atoms with E-state index in [2.05, 4.69) is 0 Å². The lowest BCUT2D eigenvalue weighted by molar-refractivity contribution is 0.0926. The Labute approximate surface area is 139 Å². The van der Waals surface area contributed by atoms with Gasteiger partial charge in [-0.25, -0.2) is 4.90 Å². The number of hydrogen-bond donors (Lipinski definition) is 0. The average Bonchev–Trinajstić information content (AvgIpc) is 3.07. The van der Waals surface area contributed by atoms with Crippen molar-refractivity contribution >= 4 is 28.4 Å². The van der Waals surface area contributed by atoms with E-state index in [0.29, 0.717) is 22.6 Å². The quantitative estimate of drug-likeness (QED) is 0.681. The Morgan fingerprint density at radius 3 is 2.29 bits per heavy atom. The first-order valence-corrected chi connectivity index (χ1v) is 7.64. The lowest BCUT2D eigenvalue weighted by Gasteiger charge is -2.14. The summed E-state index contributed by atoms with van der Waals surface area (Å²) in [5, 5.41) is 0.812. The summed E-state index contributed by atoms with van der Waals surface area (Å²) >= 11 is 0. The van der Waals surface area contributed by atoms with Crippen LogP contribution >= 0.6 is 0 Å². The summed E-state index contributed by atoms with van der Waals surface area (Å²) in [4.78, 5) is 27.1. The first-order valence-electron chi connectivity index (χ1n) is 7.64. The molecule has 3 aromatic rings. The fraction of sp³-hybridized carbons (Fsp3) is 0.158. The molecule has 0 N–H and O–H groups in total. The maximum Gasteiger partial charge on any atom is 0.266 e. The molecule has 0 spiro atoms. The molecule has 5 nitrogen and oxygen atoms in total. The van der Waals surface area contributed by atoms with Gasteiger partial charge in [0.15, 0.2) is 0 Å². The minimum Gasteiger partial charge on any atom is -0.497 e. The highest BCUT2D eigenvalue weighted by atomic mass is 16.5. The first-order chi connectivity index (χ1) is 11.5. The van der Waals surface area contributed by atoms with Crippen LogP contribution in [0.2, 0.25) is 0 Å². The van der Waals surface area contributed by atoms with Crippen LogP contribution < -0.4 is 9.64 Å². The molecule has 1 aliphatic rings. The Bertz CT molecular complexity index is 1000. The van der Waals surface area contributed by atoms with Crippen molar-refractivity contribution in [2.24, 2.45) is 7.05 Å². The number of anilines is 1. The molecule has 5 heteroatoms. The number of imide groups is 1. The number of amides is 2. The van der Waals surface area contributed by atoms with Crippen LogP contribution in [0, 0.1) is 6.92 Å². The number of nitrogens with zero attached hydrogens (tertiary/aromatic N) is 2. The maximum absolute atomic E-state index is 13.0. The molecule has 24 heavy (non-hydrogen) atoms. The van der Waals surface area contributed by atoms with Gasteiger partial charge >= 0.3 is 0 Å². The second kappa shape index (κ2) is 4.96. The van der Waals surface area contributed by atoms with Gasteiger partial charge in [-0.15, -0.1) is 0 Å². The van der Waals surface area contributed by atoms with E-state index >= 15 is 0 Å². The number of methoxy groups -OCH3 is 1. The highest BCUT2D eigenvalue weighted by Crippen LogP contribution is 2.36. The fourth-order valence-electron chi connectivity index (χ4n) is 3.32. The number of carbonyl (C=O) groups excluding carboxylic acids is 2. The van der Waals surface area contributed by atoms with Crippen LogP contribution in [-0.4, -0.2) is 23.5 Å². The molecule has 2 heterocycles.